The number of hydrogen-bond donors (Lipinski definition) is 0. The lowest BCUT2D eigenvalue weighted by atomic mass is 10.3. The lowest BCUT2D eigenvalue weighted by Crippen LogP contribution is -2.40. The standard InChI is InChI=1S/C9H13ClF3NO/c10-5-1-2-8(15)14(7-3-4-7)6-9(11,12)13/h7H,1-6H2. The maximum atomic E-state index is 12.2. The van der Waals surface area contributed by atoms with Crippen molar-refractivity contribution in [3.05, 3.63) is 0 Å². The zero-order chi connectivity index (χ0) is 11.5. The summed E-state index contributed by atoms with van der Waals surface area (Å²) in [5.74, 6) is -0.133. The fourth-order valence-electron chi connectivity index (χ4n) is 1.36. The van der Waals surface area contributed by atoms with E-state index in [0.717, 1.165) is 4.90 Å². The van der Waals surface area contributed by atoms with Crippen molar-refractivity contribution >= 4 is 17.5 Å². The van der Waals surface area contributed by atoms with Crippen molar-refractivity contribution in [2.24, 2.45) is 0 Å². The highest BCUT2D eigenvalue weighted by Crippen LogP contribution is 2.30. The van der Waals surface area contributed by atoms with Gasteiger partial charge in [0.2, 0.25) is 5.91 Å². The van der Waals surface area contributed by atoms with E-state index < -0.39 is 18.6 Å². The van der Waals surface area contributed by atoms with Crippen molar-refractivity contribution in [3.63, 3.8) is 0 Å². The Hall–Kier alpha value is -0.450. The molecule has 1 fully saturated rings. The highest BCUT2D eigenvalue weighted by atomic mass is 35.5. The number of hydrogen-bond acceptors (Lipinski definition) is 1. The molecule has 0 atom stereocenters. The third-order valence-corrected chi connectivity index (χ3v) is 2.45. The fourth-order valence-corrected chi connectivity index (χ4v) is 1.50. The summed E-state index contributed by atoms with van der Waals surface area (Å²) >= 11 is 5.39. The van der Waals surface area contributed by atoms with Crippen LogP contribution in [0.1, 0.15) is 25.7 Å². The van der Waals surface area contributed by atoms with E-state index in [2.05, 4.69) is 0 Å². The number of carbonyl (C=O) groups excluding carboxylic acids is 1. The van der Waals surface area contributed by atoms with E-state index in [1.807, 2.05) is 0 Å². The van der Waals surface area contributed by atoms with Crippen LogP contribution in [0.4, 0.5) is 13.2 Å². The Labute approximate surface area is 91.4 Å². The van der Waals surface area contributed by atoms with E-state index in [0.29, 0.717) is 25.1 Å². The summed E-state index contributed by atoms with van der Waals surface area (Å²) in [6.07, 6.45) is -2.40. The van der Waals surface area contributed by atoms with Crippen LogP contribution in [0.15, 0.2) is 0 Å². The molecule has 0 aromatic carbocycles. The molecule has 1 saturated carbocycles. The summed E-state index contributed by atoms with van der Waals surface area (Å²) < 4.78 is 36.5. The van der Waals surface area contributed by atoms with E-state index in [4.69, 9.17) is 11.6 Å². The average molecular weight is 244 g/mol. The summed E-state index contributed by atoms with van der Waals surface area (Å²) in [5, 5.41) is 0. The van der Waals surface area contributed by atoms with Crippen LogP contribution in [0.3, 0.4) is 0 Å². The quantitative estimate of drug-likeness (QED) is 0.680. The molecule has 0 heterocycles. The van der Waals surface area contributed by atoms with E-state index >= 15 is 0 Å². The largest absolute Gasteiger partial charge is 0.406 e. The second-order valence-electron chi connectivity index (χ2n) is 3.66. The fraction of sp³-hybridized carbons (Fsp3) is 0.889. The van der Waals surface area contributed by atoms with Crippen LogP contribution in [0.25, 0.3) is 0 Å². The highest BCUT2D eigenvalue weighted by Gasteiger charge is 2.40. The van der Waals surface area contributed by atoms with Crippen molar-refractivity contribution < 1.29 is 18.0 Å². The number of amides is 1. The van der Waals surface area contributed by atoms with E-state index in [9.17, 15) is 18.0 Å². The van der Waals surface area contributed by atoms with Crippen LogP contribution in [0.5, 0.6) is 0 Å². The first-order chi connectivity index (χ1) is 6.94. The molecule has 88 valence electrons. The molecule has 15 heavy (non-hydrogen) atoms. The predicted octanol–water partition coefficient (Wildman–Crippen LogP) is 2.56. The van der Waals surface area contributed by atoms with Crippen LogP contribution in [-0.4, -0.2) is 35.4 Å². The SMILES string of the molecule is O=C(CCCCl)N(CC(F)(F)F)C1CC1. The van der Waals surface area contributed by atoms with Crippen LogP contribution < -0.4 is 0 Å². The molecule has 1 rings (SSSR count). The maximum Gasteiger partial charge on any atom is 0.406 e. The molecule has 0 aromatic heterocycles. The topological polar surface area (TPSA) is 20.3 Å². The molecule has 0 aromatic rings. The highest BCUT2D eigenvalue weighted by molar-refractivity contribution is 6.17. The molecule has 0 spiro atoms. The molecule has 0 aliphatic heterocycles. The number of halogens is 4. The van der Waals surface area contributed by atoms with Gasteiger partial charge in [0, 0.05) is 18.3 Å². The summed E-state index contributed by atoms with van der Waals surface area (Å²) in [7, 11) is 0. The van der Waals surface area contributed by atoms with Gasteiger partial charge in [-0.1, -0.05) is 0 Å². The van der Waals surface area contributed by atoms with Crippen LogP contribution in [0.2, 0.25) is 0 Å². The van der Waals surface area contributed by atoms with Crippen molar-refractivity contribution in [2.75, 3.05) is 12.4 Å². The predicted molar refractivity (Wildman–Crippen MR) is 50.7 cm³/mol. The Morgan fingerprint density at radius 2 is 2.00 bits per heavy atom. The van der Waals surface area contributed by atoms with Crippen LogP contribution in [-0.2, 0) is 4.79 Å². The lowest BCUT2D eigenvalue weighted by Gasteiger charge is -2.23. The first-order valence-electron chi connectivity index (χ1n) is 4.86. The molecule has 0 bridgehead atoms. The van der Waals surface area contributed by atoms with Crippen molar-refractivity contribution in [3.8, 4) is 0 Å². The molecular formula is C9H13ClF3NO. The van der Waals surface area contributed by atoms with Gasteiger partial charge in [0.15, 0.2) is 0 Å². The molecule has 0 saturated heterocycles. The van der Waals surface area contributed by atoms with Crippen LogP contribution in [0, 0.1) is 0 Å². The third kappa shape index (κ3) is 4.73. The van der Waals surface area contributed by atoms with E-state index in [-0.39, 0.29) is 12.5 Å². The van der Waals surface area contributed by atoms with Gasteiger partial charge in [0.1, 0.15) is 6.54 Å². The molecule has 1 aliphatic rings. The second-order valence-corrected chi connectivity index (χ2v) is 4.04. The van der Waals surface area contributed by atoms with Gasteiger partial charge in [-0.3, -0.25) is 4.79 Å². The van der Waals surface area contributed by atoms with E-state index in [1.54, 1.807) is 0 Å². The summed E-state index contributed by atoms with van der Waals surface area (Å²) in [6.45, 7) is -1.13. The molecule has 0 unspecified atom stereocenters. The zero-order valence-electron chi connectivity index (χ0n) is 8.19. The van der Waals surface area contributed by atoms with Crippen LogP contribution >= 0.6 is 11.6 Å². The molecule has 1 aliphatic carbocycles. The smallest absolute Gasteiger partial charge is 0.331 e. The lowest BCUT2D eigenvalue weighted by molar-refractivity contribution is -0.162. The first-order valence-corrected chi connectivity index (χ1v) is 5.39. The summed E-state index contributed by atoms with van der Waals surface area (Å²) in [4.78, 5) is 12.4. The normalized spacial score (nSPS) is 16.5. The third-order valence-electron chi connectivity index (χ3n) is 2.18. The van der Waals surface area contributed by atoms with E-state index in [1.165, 1.54) is 0 Å². The van der Waals surface area contributed by atoms with Gasteiger partial charge in [0.05, 0.1) is 0 Å². The number of nitrogens with zero attached hydrogens (tertiary/aromatic N) is 1. The maximum absolute atomic E-state index is 12.2. The molecule has 2 nitrogen and oxygen atoms in total. The van der Waals surface area contributed by atoms with Crippen molar-refractivity contribution in [2.45, 2.75) is 37.9 Å². The number of carbonyl (C=O) groups is 1. The first kappa shape index (κ1) is 12.6. The molecule has 6 heteroatoms. The Balaban J connectivity index is 2.46. The van der Waals surface area contributed by atoms with Gasteiger partial charge >= 0.3 is 6.18 Å². The summed E-state index contributed by atoms with van der Waals surface area (Å²) in [5.41, 5.74) is 0. The minimum atomic E-state index is -4.31. The van der Waals surface area contributed by atoms with Crippen molar-refractivity contribution in [1.29, 1.82) is 0 Å². The average Bonchev–Trinajstić information content (AvgIpc) is 2.92. The second kappa shape index (κ2) is 5.05. The van der Waals surface area contributed by atoms with Gasteiger partial charge in [0.25, 0.3) is 0 Å². The minimum absolute atomic E-state index is 0.107. The zero-order valence-corrected chi connectivity index (χ0v) is 8.94. The molecule has 0 radical (unpaired) electrons. The Morgan fingerprint density at radius 3 is 2.40 bits per heavy atom. The summed E-state index contributed by atoms with van der Waals surface area (Å²) in [6, 6.07) is -0.200. The van der Waals surface area contributed by atoms with Gasteiger partial charge in [-0.2, -0.15) is 13.2 Å². The van der Waals surface area contributed by atoms with Gasteiger partial charge in [-0.05, 0) is 19.3 Å². The molecule has 0 N–H and O–H groups in total. The van der Waals surface area contributed by atoms with Gasteiger partial charge < -0.3 is 4.90 Å². The Morgan fingerprint density at radius 1 is 1.40 bits per heavy atom. The molecule has 1 amide bonds. The van der Waals surface area contributed by atoms with Crippen molar-refractivity contribution in [1.82, 2.24) is 4.90 Å². The monoisotopic (exact) mass is 243 g/mol. The number of rotatable bonds is 5. The van der Waals surface area contributed by atoms with Gasteiger partial charge in [-0.25, -0.2) is 0 Å². The Bertz CT molecular complexity index is 228. The minimum Gasteiger partial charge on any atom is -0.331 e. The number of alkyl halides is 4. The molecular weight excluding hydrogens is 231 g/mol. The van der Waals surface area contributed by atoms with Gasteiger partial charge in [-0.15, -0.1) is 11.6 Å². The Kier molecular flexibility index (Phi) is 4.25.